The van der Waals surface area contributed by atoms with Crippen LogP contribution in [0.1, 0.15) is 12.0 Å². The minimum atomic E-state index is -4.49. The van der Waals surface area contributed by atoms with E-state index in [0.717, 1.165) is 23.5 Å². The van der Waals surface area contributed by atoms with Gasteiger partial charge in [-0.1, -0.05) is 11.8 Å². The first kappa shape index (κ1) is 16.6. The average molecular weight is 351 g/mol. The summed E-state index contributed by atoms with van der Waals surface area (Å²) < 4.78 is 38.5. The summed E-state index contributed by atoms with van der Waals surface area (Å²) in [7, 11) is 0. The molecule has 0 saturated heterocycles. The monoisotopic (exact) mass is 351 g/mol. The predicted octanol–water partition coefficient (Wildman–Crippen LogP) is 3.34. The zero-order valence-electron chi connectivity index (χ0n) is 10.6. The lowest BCUT2D eigenvalue weighted by Gasteiger charge is -2.06. The Labute approximate surface area is 129 Å². The van der Waals surface area contributed by atoms with Crippen molar-refractivity contribution in [2.75, 3.05) is 0 Å². The normalized spacial score (nSPS) is 13.2. The highest BCUT2D eigenvalue weighted by Gasteiger charge is 2.31. The highest BCUT2D eigenvalue weighted by Crippen LogP contribution is 2.36. The first-order valence-electron chi connectivity index (χ1n) is 5.76. The average Bonchev–Trinajstić information content (AvgIpc) is 2.77. The minimum Gasteiger partial charge on any atom is -0.481 e. The summed E-state index contributed by atoms with van der Waals surface area (Å²) in [5.74, 6) is -2.59. The highest BCUT2D eigenvalue weighted by atomic mass is 32.2. The lowest BCUT2D eigenvalue weighted by Crippen LogP contribution is -2.20. The molecule has 1 aromatic carbocycles. The second-order valence-corrected chi connectivity index (χ2v) is 6.68. The molecule has 0 spiro atoms. The maximum atomic E-state index is 12.6. The number of benzene rings is 1. The fourth-order valence-electron chi connectivity index (χ4n) is 1.59. The lowest BCUT2D eigenvalue weighted by atomic mass is 10.2. The number of carbonyl (C=O) groups is 2. The predicted molar refractivity (Wildman–Crippen MR) is 74.2 cm³/mol. The standard InChI is InChI=1S/C12H8F3NO4S2/c13-12(14,15)5-1-2-7-6(3-5)16-11(21-7)22-8(10(19)20)4-9(17)18/h1-3,8H,4H2,(H,17,18)(H,19,20). The second kappa shape index (κ2) is 6.13. The quantitative estimate of drug-likeness (QED) is 0.804. The number of aromatic nitrogens is 1. The van der Waals surface area contributed by atoms with Gasteiger partial charge in [0.1, 0.15) is 5.25 Å². The topological polar surface area (TPSA) is 87.5 Å². The summed E-state index contributed by atoms with van der Waals surface area (Å²) in [5, 5.41) is 16.4. The molecule has 22 heavy (non-hydrogen) atoms. The van der Waals surface area contributed by atoms with Gasteiger partial charge in [-0.05, 0) is 18.2 Å². The third-order valence-corrected chi connectivity index (χ3v) is 4.89. The number of nitrogens with zero attached hydrogens (tertiary/aromatic N) is 1. The highest BCUT2D eigenvalue weighted by molar-refractivity contribution is 8.02. The largest absolute Gasteiger partial charge is 0.481 e. The van der Waals surface area contributed by atoms with E-state index in [4.69, 9.17) is 10.2 Å². The molecule has 0 saturated carbocycles. The number of rotatable bonds is 5. The van der Waals surface area contributed by atoms with E-state index in [2.05, 4.69) is 4.98 Å². The molecule has 0 amide bonds. The summed E-state index contributed by atoms with van der Waals surface area (Å²) in [4.78, 5) is 25.5. The van der Waals surface area contributed by atoms with Crippen LogP contribution in [0.2, 0.25) is 0 Å². The van der Waals surface area contributed by atoms with Crippen LogP contribution in [0.25, 0.3) is 10.2 Å². The number of thiazole rings is 1. The van der Waals surface area contributed by atoms with Crippen LogP contribution in [0.3, 0.4) is 0 Å². The molecule has 2 N–H and O–H groups in total. The molecule has 1 atom stereocenters. The Balaban J connectivity index is 2.29. The number of halogens is 3. The molecule has 10 heteroatoms. The van der Waals surface area contributed by atoms with E-state index in [1.165, 1.54) is 6.07 Å². The van der Waals surface area contributed by atoms with Crippen molar-refractivity contribution in [2.24, 2.45) is 0 Å². The van der Waals surface area contributed by atoms with Crippen LogP contribution in [-0.2, 0) is 15.8 Å². The van der Waals surface area contributed by atoms with E-state index in [9.17, 15) is 22.8 Å². The number of aliphatic carboxylic acids is 2. The van der Waals surface area contributed by atoms with Gasteiger partial charge in [0.15, 0.2) is 4.34 Å². The van der Waals surface area contributed by atoms with Gasteiger partial charge in [-0.3, -0.25) is 9.59 Å². The number of alkyl halides is 3. The second-order valence-electron chi connectivity index (χ2n) is 4.20. The molecular formula is C12H8F3NO4S2. The number of hydrogen-bond donors (Lipinski definition) is 2. The van der Waals surface area contributed by atoms with E-state index >= 15 is 0 Å². The van der Waals surface area contributed by atoms with Crippen LogP contribution < -0.4 is 0 Å². The summed E-state index contributed by atoms with van der Waals surface area (Å²) >= 11 is 1.73. The Bertz CT molecular complexity index is 729. The zero-order chi connectivity index (χ0) is 16.5. The van der Waals surface area contributed by atoms with Crippen molar-refractivity contribution in [1.29, 1.82) is 0 Å². The van der Waals surface area contributed by atoms with Gasteiger partial charge in [0.05, 0.1) is 22.2 Å². The fraction of sp³-hybridized carbons (Fsp3) is 0.250. The van der Waals surface area contributed by atoms with Gasteiger partial charge in [-0.15, -0.1) is 11.3 Å². The van der Waals surface area contributed by atoms with Crippen LogP contribution in [0.5, 0.6) is 0 Å². The summed E-state index contributed by atoms with van der Waals surface area (Å²) in [6.07, 6.45) is -5.10. The van der Waals surface area contributed by atoms with Gasteiger partial charge in [-0.25, -0.2) is 4.98 Å². The Kier molecular flexibility index (Phi) is 4.61. The molecule has 0 aliphatic carbocycles. The molecule has 1 heterocycles. The van der Waals surface area contributed by atoms with Gasteiger partial charge in [0.2, 0.25) is 0 Å². The fourth-order valence-corrected chi connectivity index (χ4v) is 3.80. The Morgan fingerprint density at radius 1 is 1.32 bits per heavy atom. The van der Waals surface area contributed by atoms with Crippen molar-refractivity contribution in [1.82, 2.24) is 4.98 Å². The van der Waals surface area contributed by atoms with E-state index in [1.54, 1.807) is 0 Å². The van der Waals surface area contributed by atoms with E-state index < -0.39 is 35.3 Å². The van der Waals surface area contributed by atoms with Crippen molar-refractivity contribution in [3.05, 3.63) is 23.8 Å². The molecule has 0 bridgehead atoms. The Morgan fingerprint density at radius 2 is 2.00 bits per heavy atom. The zero-order valence-corrected chi connectivity index (χ0v) is 12.3. The van der Waals surface area contributed by atoms with Crippen LogP contribution >= 0.6 is 23.1 Å². The molecule has 0 aliphatic rings. The van der Waals surface area contributed by atoms with Gasteiger partial charge in [-0.2, -0.15) is 13.2 Å². The first-order valence-corrected chi connectivity index (χ1v) is 7.45. The van der Waals surface area contributed by atoms with Crippen molar-refractivity contribution in [3.63, 3.8) is 0 Å². The molecule has 1 aromatic heterocycles. The van der Waals surface area contributed by atoms with Crippen molar-refractivity contribution in [3.8, 4) is 0 Å². The van der Waals surface area contributed by atoms with Gasteiger partial charge < -0.3 is 10.2 Å². The number of carboxylic acids is 2. The molecule has 118 valence electrons. The molecule has 0 fully saturated rings. The SMILES string of the molecule is O=C(O)CC(Sc1nc2cc(C(F)(F)F)ccc2s1)C(=O)O. The van der Waals surface area contributed by atoms with Crippen LogP contribution in [0.4, 0.5) is 13.2 Å². The number of hydrogen-bond acceptors (Lipinski definition) is 5. The first-order chi connectivity index (χ1) is 10.2. The third-order valence-electron chi connectivity index (χ3n) is 2.57. The Hall–Kier alpha value is -1.81. The molecule has 0 aliphatic heterocycles. The van der Waals surface area contributed by atoms with Crippen molar-refractivity contribution < 1.29 is 33.0 Å². The number of thioether (sulfide) groups is 1. The van der Waals surface area contributed by atoms with Gasteiger partial charge in [0.25, 0.3) is 0 Å². The van der Waals surface area contributed by atoms with Crippen LogP contribution in [0, 0.1) is 0 Å². The van der Waals surface area contributed by atoms with E-state index in [0.29, 0.717) is 16.5 Å². The van der Waals surface area contributed by atoms with Crippen molar-refractivity contribution >= 4 is 45.3 Å². The van der Waals surface area contributed by atoms with Crippen LogP contribution in [0.15, 0.2) is 22.5 Å². The number of fused-ring (bicyclic) bond motifs is 1. The maximum Gasteiger partial charge on any atom is 0.416 e. The van der Waals surface area contributed by atoms with E-state index in [-0.39, 0.29) is 9.86 Å². The lowest BCUT2D eigenvalue weighted by molar-refractivity contribution is -0.142. The summed E-state index contributed by atoms with van der Waals surface area (Å²) in [5.41, 5.74) is -0.746. The molecule has 1 unspecified atom stereocenters. The summed E-state index contributed by atoms with van der Waals surface area (Å²) in [6, 6.07) is 3.05. The van der Waals surface area contributed by atoms with Gasteiger partial charge in [0, 0.05) is 0 Å². The molecule has 2 rings (SSSR count). The van der Waals surface area contributed by atoms with Gasteiger partial charge >= 0.3 is 18.1 Å². The smallest absolute Gasteiger partial charge is 0.416 e. The molecule has 5 nitrogen and oxygen atoms in total. The molecular weight excluding hydrogens is 343 g/mol. The van der Waals surface area contributed by atoms with Crippen molar-refractivity contribution in [2.45, 2.75) is 22.2 Å². The number of carboxylic acid groups (broad SMARTS) is 2. The molecule has 2 aromatic rings. The molecule has 0 radical (unpaired) electrons. The van der Waals surface area contributed by atoms with Crippen LogP contribution in [-0.4, -0.2) is 32.4 Å². The maximum absolute atomic E-state index is 12.6. The van der Waals surface area contributed by atoms with E-state index in [1.807, 2.05) is 0 Å². The third kappa shape index (κ3) is 3.89. The minimum absolute atomic E-state index is 0.0989. The Morgan fingerprint density at radius 3 is 2.55 bits per heavy atom. The summed E-state index contributed by atoms with van der Waals surface area (Å²) in [6.45, 7) is 0.